The fraction of sp³-hybridized carbons (Fsp3) is 0.333. The van der Waals surface area contributed by atoms with Gasteiger partial charge in [0.1, 0.15) is 11.8 Å². The molecule has 1 aromatic heterocycles. The average Bonchev–Trinajstić information content (AvgIpc) is 3.00. The van der Waals surface area contributed by atoms with Gasteiger partial charge in [0, 0.05) is 5.69 Å². The Bertz CT molecular complexity index is 700. The molecule has 2 rings (SSSR count). The minimum atomic E-state index is -1.07. The van der Waals surface area contributed by atoms with Crippen LogP contribution in [0.3, 0.4) is 0 Å². The molecule has 0 radical (unpaired) electrons. The molecule has 1 heterocycles. The first-order valence-electron chi connectivity index (χ1n) is 7.73. The number of amides is 1. The average molecular weight is 330 g/mol. The fourth-order valence-corrected chi connectivity index (χ4v) is 2.64. The van der Waals surface area contributed by atoms with Gasteiger partial charge < -0.3 is 14.8 Å². The van der Waals surface area contributed by atoms with E-state index in [-0.39, 0.29) is 18.9 Å². The van der Waals surface area contributed by atoms with E-state index in [4.69, 9.17) is 4.42 Å². The van der Waals surface area contributed by atoms with Gasteiger partial charge in [0.15, 0.2) is 0 Å². The lowest BCUT2D eigenvalue weighted by Gasteiger charge is -2.16. The number of rotatable bonds is 7. The smallest absolute Gasteiger partial charge is 0.321 e. The molecular formula is C18H22N2O4. The van der Waals surface area contributed by atoms with Gasteiger partial charge in [-0.05, 0) is 44.0 Å². The molecule has 1 amide bonds. The lowest BCUT2D eigenvalue weighted by atomic mass is 10.0. The first-order valence-corrected chi connectivity index (χ1v) is 7.73. The van der Waals surface area contributed by atoms with E-state index in [2.05, 4.69) is 10.6 Å². The van der Waals surface area contributed by atoms with Gasteiger partial charge in [-0.2, -0.15) is 0 Å². The molecule has 0 saturated carbocycles. The molecule has 1 unspecified atom stereocenters. The molecule has 6 heteroatoms. The summed E-state index contributed by atoms with van der Waals surface area (Å²) in [5, 5.41) is 14.9. The summed E-state index contributed by atoms with van der Waals surface area (Å²) < 4.78 is 5.15. The van der Waals surface area contributed by atoms with Crippen LogP contribution >= 0.6 is 0 Å². The molecular weight excluding hydrogens is 308 g/mol. The second-order valence-electron chi connectivity index (χ2n) is 5.88. The fourth-order valence-electron chi connectivity index (χ4n) is 2.64. The Morgan fingerprint density at radius 2 is 1.88 bits per heavy atom. The standard InChI is InChI=1S/C18H22N2O4/c1-11-7-12(2)17(13(3)8-11)20-16(21)9-15(18(22)23)19-10-14-5-4-6-24-14/h4-8,15,19H,9-10H2,1-3H3,(H,20,21)(H,22,23). The number of carboxylic acids is 1. The SMILES string of the molecule is Cc1cc(C)c(NC(=O)CC(NCc2ccco2)C(=O)O)c(C)c1. The molecule has 24 heavy (non-hydrogen) atoms. The highest BCUT2D eigenvalue weighted by molar-refractivity contribution is 5.95. The van der Waals surface area contributed by atoms with E-state index in [1.807, 2.05) is 32.9 Å². The van der Waals surface area contributed by atoms with Crippen LogP contribution in [0, 0.1) is 20.8 Å². The van der Waals surface area contributed by atoms with Crippen molar-refractivity contribution in [3.8, 4) is 0 Å². The highest BCUT2D eigenvalue weighted by atomic mass is 16.4. The topological polar surface area (TPSA) is 91.6 Å². The minimum absolute atomic E-state index is 0.164. The summed E-state index contributed by atoms with van der Waals surface area (Å²) >= 11 is 0. The molecule has 0 spiro atoms. The molecule has 3 N–H and O–H groups in total. The molecule has 0 saturated heterocycles. The molecule has 0 aliphatic heterocycles. The number of carboxylic acid groups (broad SMARTS) is 1. The van der Waals surface area contributed by atoms with Crippen molar-refractivity contribution in [1.82, 2.24) is 5.32 Å². The third-order valence-corrected chi connectivity index (χ3v) is 3.73. The first kappa shape index (κ1) is 17.7. The van der Waals surface area contributed by atoms with Crippen molar-refractivity contribution in [2.75, 3.05) is 5.32 Å². The van der Waals surface area contributed by atoms with Crippen LogP contribution in [0.1, 0.15) is 28.9 Å². The van der Waals surface area contributed by atoms with Crippen molar-refractivity contribution >= 4 is 17.6 Å². The largest absolute Gasteiger partial charge is 0.480 e. The summed E-state index contributed by atoms with van der Waals surface area (Å²) in [5.74, 6) is -0.801. The molecule has 1 aromatic carbocycles. The van der Waals surface area contributed by atoms with Crippen LogP contribution in [0.5, 0.6) is 0 Å². The van der Waals surface area contributed by atoms with Crippen LogP contribution in [0.4, 0.5) is 5.69 Å². The van der Waals surface area contributed by atoms with Gasteiger partial charge in [0.2, 0.25) is 5.91 Å². The van der Waals surface area contributed by atoms with Crippen LogP contribution in [-0.2, 0) is 16.1 Å². The number of anilines is 1. The highest BCUT2D eigenvalue weighted by Gasteiger charge is 2.21. The predicted molar refractivity (Wildman–Crippen MR) is 90.9 cm³/mol. The predicted octanol–water partition coefficient (Wildman–Crippen LogP) is 2.78. The minimum Gasteiger partial charge on any atom is -0.480 e. The van der Waals surface area contributed by atoms with Crippen LogP contribution in [-0.4, -0.2) is 23.0 Å². The van der Waals surface area contributed by atoms with E-state index in [1.54, 1.807) is 12.1 Å². The number of furan rings is 1. The molecule has 1 atom stereocenters. The van der Waals surface area contributed by atoms with Gasteiger partial charge in [-0.3, -0.25) is 14.9 Å². The van der Waals surface area contributed by atoms with Crippen molar-refractivity contribution in [3.63, 3.8) is 0 Å². The molecule has 128 valence electrons. The van der Waals surface area contributed by atoms with Gasteiger partial charge in [-0.1, -0.05) is 17.7 Å². The normalized spacial score (nSPS) is 12.0. The number of hydrogen-bond donors (Lipinski definition) is 3. The van der Waals surface area contributed by atoms with E-state index in [0.717, 1.165) is 22.4 Å². The maximum atomic E-state index is 12.2. The Hall–Kier alpha value is -2.60. The third kappa shape index (κ3) is 4.70. The van der Waals surface area contributed by atoms with Crippen molar-refractivity contribution in [1.29, 1.82) is 0 Å². The van der Waals surface area contributed by atoms with Gasteiger partial charge in [-0.25, -0.2) is 0 Å². The van der Waals surface area contributed by atoms with E-state index in [1.165, 1.54) is 6.26 Å². The Kier molecular flexibility index (Phi) is 5.76. The van der Waals surface area contributed by atoms with Gasteiger partial charge in [0.25, 0.3) is 0 Å². The molecule has 0 bridgehead atoms. The maximum absolute atomic E-state index is 12.2. The molecule has 0 fully saturated rings. The Labute approximate surface area is 140 Å². The first-order chi connectivity index (χ1) is 11.4. The molecule has 0 aliphatic rings. The zero-order valence-corrected chi connectivity index (χ0v) is 14.1. The van der Waals surface area contributed by atoms with Crippen molar-refractivity contribution < 1.29 is 19.1 Å². The number of carbonyl (C=O) groups is 2. The lowest BCUT2D eigenvalue weighted by molar-refractivity contribution is -0.141. The number of hydrogen-bond acceptors (Lipinski definition) is 4. The Morgan fingerprint density at radius 3 is 2.42 bits per heavy atom. The summed E-state index contributed by atoms with van der Waals surface area (Å²) in [4.78, 5) is 23.6. The summed E-state index contributed by atoms with van der Waals surface area (Å²) in [6.07, 6.45) is 1.35. The van der Waals surface area contributed by atoms with E-state index >= 15 is 0 Å². The summed E-state index contributed by atoms with van der Waals surface area (Å²) in [6, 6.07) is 6.44. The van der Waals surface area contributed by atoms with Crippen molar-refractivity contribution in [2.45, 2.75) is 39.8 Å². The van der Waals surface area contributed by atoms with E-state index < -0.39 is 12.0 Å². The van der Waals surface area contributed by atoms with Gasteiger partial charge in [0.05, 0.1) is 19.2 Å². The quantitative estimate of drug-likeness (QED) is 0.726. The lowest BCUT2D eigenvalue weighted by Crippen LogP contribution is -2.39. The molecule has 6 nitrogen and oxygen atoms in total. The van der Waals surface area contributed by atoms with Crippen LogP contribution in [0.2, 0.25) is 0 Å². The van der Waals surface area contributed by atoms with E-state index in [0.29, 0.717) is 5.76 Å². The van der Waals surface area contributed by atoms with E-state index in [9.17, 15) is 14.7 Å². The number of nitrogens with one attached hydrogen (secondary N) is 2. The Morgan fingerprint density at radius 1 is 1.21 bits per heavy atom. The van der Waals surface area contributed by atoms with Gasteiger partial charge in [-0.15, -0.1) is 0 Å². The summed E-state index contributed by atoms with van der Waals surface area (Å²) in [5.41, 5.74) is 3.76. The second-order valence-corrected chi connectivity index (χ2v) is 5.88. The maximum Gasteiger partial charge on any atom is 0.321 e. The number of aryl methyl sites for hydroxylation is 3. The summed E-state index contributed by atoms with van der Waals surface area (Å²) in [6.45, 7) is 6.07. The molecule has 2 aromatic rings. The van der Waals surface area contributed by atoms with Crippen LogP contribution < -0.4 is 10.6 Å². The number of benzene rings is 1. The number of aliphatic carboxylic acids is 1. The highest BCUT2D eigenvalue weighted by Crippen LogP contribution is 2.22. The van der Waals surface area contributed by atoms with Crippen LogP contribution in [0.25, 0.3) is 0 Å². The van der Waals surface area contributed by atoms with Crippen molar-refractivity contribution in [2.24, 2.45) is 0 Å². The Balaban J connectivity index is 1.99. The van der Waals surface area contributed by atoms with Gasteiger partial charge >= 0.3 is 5.97 Å². The zero-order chi connectivity index (χ0) is 17.7. The number of carbonyl (C=O) groups excluding carboxylic acids is 1. The third-order valence-electron chi connectivity index (χ3n) is 3.73. The van der Waals surface area contributed by atoms with Crippen molar-refractivity contribution in [3.05, 3.63) is 53.0 Å². The molecule has 0 aliphatic carbocycles. The van der Waals surface area contributed by atoms with Crippen LogP contribution in [0.15, 0.2) is 34.9 Å². The summed E-state index contributed by atoms with van der Waals surface area (Å²) in [7, 11) is 0. The zero-order valence-electron chi connectivity index (χ0n) is 14.1. The monoisotopic (exact) mass is 330 g/mol. The second kappa shape index (κ2) is 7.79.